The highest BCUT2D eigenvalue weighted by molar-refractivity contribution is 5.87. The summed E-state index contributed by atoms with van der Waals surface area (Å²) in [6, 6.07) is -0.413. The Hall–Kier alpha value is -2.50. The molecular weight excluding hydrogens is 326 g/mol. The van der Waals surface area contributed by atoms with Crippen molar-refractivity contribution in [2.45, 2.75) is 31.3 Å². The van der Waals surface area contributed by atoms with Crippen LogP contribution in [0.5, 0.6) is 0 Å². The predicted molar refractivity (Wildman–Crippen MR) is 77.1 cm³/mol. The predicted octanol–water partition coefficient (Wildman–Crippen LogP) is -3.23. The molecule has 0 saturated carbocycles. The Bertz CT molecular complexity index is 769. The van der Waals surface area contributed by atoms with E-state index in [1.54, 1.807) is 0 Å². The van der Waals surface area contributed by atoms with Crippen molar-refractivity contribution in [2.75, 3.05) is 13.7 Å². The van der Waals surface area contributed by atoms with Crippen LogP contribution >= 0.6 is 0 Å². The minimum atomic E-state index is -1.68. The Morgan fingerprint density at radius 1 is 1.29 bits per heavy atom. The number of methoxy groups -OCH3 is 1. The molecule has 4 N–H and O–H groups in total. The Kier molecular flexibility index (Phi) is 4.87. The summed E-state index contributed by atoms with van der Waals surface area (Å²) in [5.74, 6) is -1.71. The van der Waals surface area contributed by atoms with Crippen molar-refractivity contribution in [3.05, 3.63) is 32.6 Å². The van der Waals surface area contributed by atoms with Crippen molar-refractivity contribution in [1.82, 2.24) is 14.5 Å². The molecule has 2 rings (SSSR count). The van der Waals surface area contributed by atoms with Crippen LogP contribution in [0.2, 0.25) is 0 Å². The number of nitrogens with one attached hydrogen (secondary N) is 1. The molecule has 0 bridgehead atoms. The maximum absolute atomic E-state index is 12.2. The van der Waals surface area contributed by atoms with Gasteiger partial charge in [-0.2, -0.15) is 0 Å². The average molecular weight is 343 g/mol. The number of likely N-dealkylation sites (tertiary alicyclic amines) is 1. The first-order chi connectivity index (χ1) is 11.2. The van der Waals surface area contributed by atoms with Crippen molar-refractivity contribution in [2.24, 2.45) is 0 Å². The molecule has 2 heterocycles. The van der Waals surface area contributed by atoms with E-state index in [2.05, 4.69) is 4.74 Å². The molecular formula is C13H17N3O8. The number of esters is 1. The van der Waals surface area contributed by atoms with Crippen molar-refractivity contribution in [3.8, 4) is 0 Å². The van der Waals surface area contributed by atoms with E-state index >= 15 is 0 Å². The van der Waals surface area contributed by atoms with E-state index in [1.165, 1.54) is 0 Å². The number of aliphatic hydroxyl groups is 3. The zero-order valence-corrected chi connectivity index (χ0v) is 12.9. The van der Waals surface area contributed by atoms with E-state index in [1.807, 2.05) is 4.98 Å². The second-order valence-electron chi connectivity index (χ2n) is 5.26. The maximum Gasteiger partial charge on any atom is 0.355 e. The van der Waals surface area contributed by atoms with Crippen molar-refractivity contribution < 1.29 is 29.6 Å². The lowest BCUT2D eigenvalue weighted by Crippen LogP contribution is -2.47. The van der Waals surface area contributed by atoms with Crippen molar-refractivity contribution in [3.63, 3.8) is 0 Å². The van der Waals surface area contributed by atoms with Gasteiger partial charge in [-0.1, -0.05) is 0 Å². The quantitative estimate of drug-likeness (QED) is 0.416. The molecule has 1 aliphatic rings. The number of H-pyrrole nitrogens is 1. The van der Waals surface area contributed by atoms with Crippen LogP contribution < -0.4 is 11.2 Å². The SMILES string of the molecule is COC(=O)c1cc(=O)[nH]c(=O)n1[C@H]1[C@H](O)[C@H](O)[C@@H](CO)N1C(C)=O. The molecule has 0 aliphatic carbocycles. The molecule has 0 aromatic carbocycles. The molecule has 0 radical (unpaired) electrons. The Morgan fingerprint density at radius 2 is 1.92 bits per heavy atom. The lowest BCUT2D eigenvalue weighted by Gasteiger charge is -2.30. The molecule has 24 heavy (non-hydrogen) atoms. The summed E-state index contributed by atoms with van der Waals surface area (Å²) in [6.45, 7) is 0.426. The molecule has 1 aromatic heterocycles. The second kappa shape index (κ2) is 6.55. The van der Waals surface area contributed by atoms with E-state index in [9.17, 15) is 34.5 Å². The summed E-state index contributed by atoms with van der Waals surface area (Å²) in [4.78, 5) is 50.2. The fourth-order valence-corrected chi connectivity index (χ4v) is 2.85. The maximum atomic E-state index is 12.2. The zero-order chi connectivity index (χ0) is 18.2. The van der Waals surface area contributed by atoms with Gasteiger partial charge in [0.25, 0.3) is 5.56 Å². The standard InChI is InChI=1S/C13H17N3O8/c1-5(18)15-7(4-17)9(20)10(21)11(15)16-6(12(22)24-2)3-8(19)14-13(16)23/h3,7,9-11,17,20-21H,4H2,1-2H3,(H,14,19,23)/t7-,9-,10-,11+/m1/s1. The molecule has 4 atom stereocenters. The van der Waals surface area contributed by atoms with E-state index in [0.717, 1.165) is 25.0 Å². The lowest BCUT2D eigenvalue weighted by atomic mass is 10.1. The lowest BCUT2D eigenvalue weighted by molar-refractivity contribution is -0.136. The van der Waals surface area contributed by atoms with Crippen molar-refractivity contribution >= 4 is 11.9 Å². The van der Waals surface area contributed by atoms with Crippen LogP contribution in [0.25, 0.3) is 0 Å². The van der Waals surface area contributed by atoms with Crippen LogP contribution in [-0.2, 0) is 9.53 Å². The Morgan fingerprint density at radius 3 is 2.42 bits per heavy atom. The van der Waals surface area contributed by atoms with Crippen LogP contribution in [0, 0.1) is 0 Å². The van der Waals surface area contributed by atoms with Gasteiger partial charge in [0.05, 0.1) is 19.8 Å². The number of amides is 1. The van der Waals surface area contributed by atoms with Crippen LogP contribution in [0.15, 0.2) is 15.7 Å². The third-order valence-electron chi connectivity index (χ3n) is 3.88. The van der Waals surface area contributed by atoms with E-state index in [4.69, 9.17) is 0 Å². The number of aromatic nitrogens is 2. The zero-order valence-electron chi connectivity index (χ0n) is 12.9. The number of carbonyl (C=O) groups is 2. The number of aliphatic hydroxyl groups excluding tert-OH is 3. The molecule has 1 aromatic rings. The summed E-state index contributed by atoms with van der Waals surface area (Å²) in [6.07, 6.45) is -4.75. The first-order valence-electron chi connectivity index (χ1n) is 6.94. The number of carbonyl (C=O) groups excluding carboxylic acids is 2. The normalized spacial score (nSPS) is 26.5. The molecule has 0 spiro atoms. The first kappa shape index (κ1) is 17.8. The summed E-state index contributed by atoms with van der Waals surface area (Å²) in [5.41, 5.74) is -2.46. The molecule has 11 heteroatoms. The van der Waals surface area contributed by atoms with Gasteiger partial charge in [0.15, 0.2) is 0 Å². The largest absolute Gasteiger partial charge is 0.464 e. The Balaban J connectivity index is 2.73. The molecule has 0 unspecified atom stereocenters. The van der Waals surface area contributed by atoms with Crippen LogP contribution in [0.4, 0.5) is 0 Å². The highest BCUT2D eigenvalue weighted by Gasteiger charge is 2.50. The van der Waals surface area contributed by atoms with Crippen LogP contribution in [-0.4, -0.2) is 73.6 Å². The first-order valence-corrected chi connectivity index (χ1v) is 6.94. The summed E-state index contributed by atoms with van der Waals surface area (Å²) >= 11 is 0. The monoisotopic (exact) mass is 343 g/mol. The topological polar surface area (TPSA) is 162 Å². The second-order valence-corrected chi connectivity index (χ2v) is 5.26. The third-order valence-corrected chi connectivity index (χ3v) is 3.88. The van der Waals surface area contributed by atoms with Gasteiger partial charge in [-0.3, -0.25) is 19.1 Å². The average Bonchev–Trinajstić information content (AvgIpc) is 2.77. The van der Waals surface area contributed by atoms with Crippen LogP contribution in [0.1, 0.15) is 23.6 Å². The van der Waals surface area contributed by atoms with Gasteiger partial charge >= 0.3 is 11.7 Å². The summed E-state index contributed by atoms with van der Waals surface area (Å²) in [7, 11) is 1.03. The molecule has 11 nitrogen and oxygen atoms in total. The van der Waals surface area contributed by atoms with Gasteiger partial charge in [0.1, 0.15) is 24.1 Å². The number of ether oxygens (including phenoxy) is 1. The highest BCUT2D eigenvalue weighted by atomic mass is 16.5. The summed E-state index contributed by atoms with van der Waals surface area (Å²) < 4.78 is 5.16. The van der Waals surface area contributed by atoms with E-state index < -0.39 is 59.8 Å². The Labute approximate surface area is 134 Å². The molecule has 1 saturated heterocycles. The number of hydrogen-bond donors (Lipinski definition) is 4. The van der Waals surface area contributed by atoms with Gasteiger partial charge in [0, 0.05) is 13.0 Å². The smallest absolute Gasteiger partial charge is 0.355 e. The highest BCUT2D eigenvalue weighted by Crippen LogP contribution is 2.32. The molecule has 132 valence electrons. The van der Waals surface area contributed by atoms with Gasteiger partial charge < -0.3 is 25.0 Å². The van der Waals surface area contributed by atoms with E-state index in [0.29, 0.717) is 4.57 Å². The third kappa shape index (κ3) is 2.72. The van der Waals surface area contributed by atoms with Crippen LogP contribution in [0.3, 0.4) is 0 Å². The molecule has 1 fully saturated rings. The fraction of sp³-hybridized carbons (Fsp3) is 0.538. The molecule has 1 amide bonds. The number of hydrogen-bond acceptors (Lipinski definition) is 8. The van der Waals surface area contributed by atoms with E-state index in [-0.39, 0.29) is 0 Å². The van der Waals surface area contributed by atoms with Gasteiger partial charge in [-0.15, -0.1) is 0 Å². The number of aromatic amines is 1. The fourth-order valence-electron chi connectivity index (χ4n) is 2.85. The van der Waals surface area contributed by atoms with Gasteiger partial charge in [0.2, 0.25) is 5.91 Å². The number of nitrogens with zero attached hydrogens (tertiary/aromatic N) is 2. The minimum Gasteiger partial charge on any atom is -0.464 e. The van der Waals surface area contributed by atoms with Gasteiger partial charge in [-0.05, 0) is 0 Å². The van der Waals surface area contributed by atoms with Gasteiger partial charge in [-0.25, -0.2) is 9.59 Å². The molecule has 1 aliphatic heterocycles. The van der Waals surface area contributed by atoms with Crippen molar-refractivity contribution in [1.29, 1.82) is 0 Å². The number of rotatable bonds is 3. The minimum absolute atomic E-state index is 0.507. The summed E-state index contributed by atoms with van der Waals surface area (Å²) in [5, 5.41) is 29.7.